The molecule has 1 N–H and O–H groups in total. The summed E-state index contributed by atoms with van der Waals surface area (Å²) in [5, 5.41) is 8.91. The first-order chi connectivity index (χ1) is 6.45. The maximum atomic E-state index is 8.91. The third-order valence-electron chi connectivity index (χ3n) is 2.51. The fourth-order valence-electron chi connectivity index (χ4n) is 1.21. The van der Waals surface area contributed by atoms with Crippen LogP contribution in [0.3, 0.4) is 0 Å². The molecule has 1 aromatic carbocycles. The molecule has 0 aliphatic carbocycles. The zero-order valence-corrected chi connectivity index (χ0v) is 9.41. The maximum Gasteiger partial charge on any atom is 0.0681 e. The lowest BCUT2D eigenvalue weighted by atomic mass is 10.1. The summed E-state index contributed by atoms with van der Waals surface area (Å²) in [6.45, 7) is 6.63. The second-order valence-electron chi connectivity index (χ2n) is 4.55. The standard InChI is InChI=1S/C12H19NO/c1-12(2,3)13(4)11-7-5-10(9-14)6-8-11/h5-8,14H,9H2,1-4H3. The Kier molecular flexibility index (Phi) is 3.17. The highest BCUT2D eigenvalue weighted by Gasteiger charge is 2.16. The van der Waals surface area contributed by atoms with E-state index in [1.54, 1.807) is 0 Å². The molecule has 0 atom stereocenters. The van der Waals surface area contributed by atoms with Crippen molar-refractivity contribution >= 4 is 5.69 Å². The Hall–Kier alpha value is -1.02. The van der Waals surface area contributed by atoms with Gasteiger partial charge in [-0.2, -0.15) is 0 Å². The van der Waals surface area contributed by atoms with Crippen molar-refractivity contribution in [3.63, 3.8) is 0 Å². The number of aliphatic hydroxyl groups excluding tert-OH is 1. The number of rotatable bonds is 2. The van der Waals surface area contributed by atoms with E-state index in [1.807, 2.05) is 24.3 Å². The highest BCUT2D eigenvalue weighted by atomic mass is 16.3. The normalized spacial score (nSPS) is 11.5. The number of anilines is 1. The first kappa shape index (κ1) is 11.1. The Balaban J connectivity index is 2.87. The van der Waals surface area contributed by atoms with Gasteiger partial charge >= 0.3 is 0 Å². The van der Waals surface area contributed by atoms with Crippen molar-refractivity contribution in [2.75, 3.05) is 11.9 Å². The van der Waals surface area contributed by atoms with Gasteiger partial charge in [-0.15, -0.1) is 0 Å². The van der Waals surface area contributed by atoms with Crippen molar-refractivity contribution in [2.24, 2.45) is 0 Å². The summed E-state index contributed by atoms with van der Waals surface area (Å²) < 4.78 is 0. The molecule has 0 bridgehead atoms. The monoisotopic (exact) mass is 193 g/mol. The van der Waals surface area contributed by atoms with E-state index in [1.165, 1.54) is 5.69 Å². The zero-order chi connectivity index (χ0) is 10.8. The van der Waals surface area contributed by atoms with Crippen molar-refractivity contribution in [3.05, 3.63) is 29.8 Å². The quantitative estimate of drug-likeness (QED) is 0.779. The Labute approximate surface area is 86.2 Å². The van der Waals surface area contributed by atoms with E-state index in [0.29, 0.717) is 0 Å². The van der Waals surface area contributed by atoms with Crippen LogP contribution < -0.4 is 4.90 Å². The second kappa shape index (κ2) is 4.01. The molecule has 2 heteroatoms. The maximum absolute atomic E-state index is 8.91. The summed E-state index contributed by atoms with van der Waals surface area (Å²) in [5.74, 6) is 0. The number of nitrogens with zero attached hydrogens (tertiary/aromatic N) is 1. The molecule has 0 radical (unpaired) electrons. The summed E-state index contributed by atoms with van der Waals surface area (Å²) in [4.78, 5) is 2.22. The fraction of sp³-hybridized carbons (Fsp3) is 0.500. The lowest BCUT2D eigenvalue weighted by molar-refractivity contribution is 0.282. The van der Waals surface area contributed by atoms with E-state index >= 15 is 0 Å². The molecular weight excluding hydrogens is 174 g/mol. The van der Waals surface area contributed by atoms with E-state index in [2.05, 4.69) is 32.7 Å². The lowest BCUT2D eigenvalue weighted by Crippen LogP contribution is -2.37. The van der Waals surface area contributed by atoms with E-state index in [9.17, 15) is 0 Å². The van der Waals surface area contributed by atoms with Gasteiger partial charge in [0.2, 0.25) is 0 Å². The number of hydrogen-bond donors (Lipinski definition) is 1. The van der Waals surface area contributed by atoms with Gasteiger partial charge in [0, 0.05) is 18.3 Å². The van der Waals surface area contributed by atoms with Gasteiger partial charge in [0.05, 0.1) is 6.61 Å². The molecular formula is C12H19NO. The second-order valence-corrected chi connectivity index (χ2v) is 4.55. The Morgan fingerprint density at radius 1 is 1.14 bits per heavy atom. The molecule has 0 aliphatic rings. The third-order valence-corrected chi connectivity index (χ3v) is 2.51. The van der Waals surface area contributed by atoms with E-state index in [-0.39, 0.29) is 12.1 Å². The Morgan fingerprint density at radius 3 is 2.00 bits per heavy atom. The summed E-state index contributed by atoms with van der Waals surface area (Å²) in [6, 6.07) is 7.99. The van der Waals surface area contributed by atoms with Gasteiger partial charge in [0.25, 0.3) is 0 Å². The van der Waals surface area contributed by atoms with Crippen molar-refractivity contribution in [1.82, 2.24) is 0 Å². The van der Waals surface area contributed by atoms with E-state index < -0.39 is 0 Å². The van der Waals surface area contributed by atoms with Crippen LogP contribution in [0.15, 0.2) is 24.3 Å². The van der Waals surface area contributed by atoms with Gasteiger partial charge < -0.3 is 10.0 Å². The van der Waals surface area contributed by atoms with Crippen LogP contribution in [0.5, 0.6) is 0 Å². The van der Waals surface area contributed by atoms with Crippen molar-refractivity contribution in [1.29, 1.82) is 0 Å². The molecule has 14 heavy (non-hydrogen) atoms. The molecule has 78 valence electrons. The molecule has 0 saturated carbocycles. The molecule has 0 fully saturated rings. The van der Waals surface area contributed by atoms with Gasteiger partial charge in [-0.1, -0.05) is 12.1 Å². The molecule has 0 aromatic heterocycles. The highest BCUT2D eigenvalue weighted by Crippen LogP contribution is 2.21. The first-order valence-electron chi connectivity index (χ1n) is 4.89. The molecule has 0 saturated heterocycles. The minimum Gasteiger partial charge on any atom is -0.392 e. The zero-order valence-electron chi connectivity index (χ0n) is 9.41. The SMILES string of the molecule is CN(c1ccc(CO)cc1)C(C)(C)C. The van der Waals surface area contributed by atoms with Gasteiger partial charge in [-0.3, -0.25) is 0 Å². The summed E-state index contributed by atoms with van der Waals surface area (Å²) in [7, 11) is 2.08. The van der Waals surface area contributed by atoms with Gasteiger partial charge in [-0.05, 0) is 38.5 Å². The predicted molar refractivity (Wildman–Crippen MR) is 60.5 cm³/mol. The molecule has 1 aromatic rings. The molecule has 0 amide bonds. The Bertz CT molecular complexity index is 284. The van der Waals surface area contributed by atoms with Gasteiger partial charge in [0.1, 0.15) is 0 Å². The smallest absolute Gasteiger partial charge is 0.0681 e. The van der Waals surface area contributed by atoms with Crippen molar-refractivity contribution in [2.45, 2.75) is 32.9 Å². The van der Waals surface area contributed by atoms with Crippen LogP contribution in [0.25, 0.3) is 0 Å². The molecule has 0 unspecified atom stereocenters. The van der Waals surface area contributed by atoms with Crippen LogP contribution in [0.2, 0.25) is 0 Å². The van der Waals surface area contributed by atoms with Crippen molar-refractivity contribution in [3.8, 4) is 0 Å². The minimum atomic E-state index is 0.111. The molecule has 0 heterocycles. The minimum absolute atomic E-state index is 0.111. The fourth-order valence-corrected chi connectivity index (χ4v) is 1.21. The van der Waals surface area contributed by atoms with Crippen molar-refractivity contribution < 1.29 is 5.11 Å². The lowest BCUT2D eigenvalue weighted by Gasteiger charge is -2.34. The van der Waals surface area contributed by atoms with E-state index in [4.69, 9.17) is 5.11 Å². The Morgan fingerprint density at radius 2 is 1.64 bits per heavy atom. The summed E-state index contributed by atoms with van der Waals surface area (Å²) in [5.41, 5.74) is 2.26. The molecule has 1 rings (SSSR count). The molecule has 0 spiro atoms. The van der Waals surface area contributed by atoms with Crippen LogP contribution >= 0.6 is 0 Å². The average molecular weight is 193 g/mol. The number of hydrogen-bond acceptors (Lipinski definition) is 2. The van der Waals surface area contributed by atoms with Crippen LogP contribution in [-0.2, 0) is 6.61 Å². The first-order valence-corrected chi connectivity index (χ1v) is 4.89. The van der Waals surface area contributed by atoms with Crippen LogP contribution in [0, 0.1) is 0 Å². The molecule has 2 nitrogen and oxygen atoms in total. The topological polar surface area (TPSA) is 23.5 Å². The largest absolute Gasteiger partial charge is 0.392 e. The van der Waals surface area contributed by atoms with E-state index in [0.717, 1.165) is 5.56 Å². The number of benzene rings is 1. The van der Waals surface area contributed by atoms with Crippen LogP contribution in [0.4, 0.5) is 5.69 Å². The highest BCUT2D eigenvalue weighted by molar-refractivity contribution is 5.48. The third kappa shape index (κ3) is 2.48. The van der Waals surface area contributed by atoms with Crippen LogP contribution in [0.1, 0.15) is 26.3 Å². The summed E-state index contributed by atoms with van der Waals surface area (Å²) >= 11 is 0. The predicted octanol–water partition coefficient (Wildman–Crippen LogP) is 2.41. The molecule has 0 aliphatic heterocycles. The summed E-state index contributed by atoms with van der Waals surface area (Å²) in [6.07, 6.45) is 0. The number of aliphatic hydroxyl groups is 1. The van der Waals surface area contributed by atoms with Gasteiger partial charge in [-0.25, -0.2) is 0 Å². The van der Waals surface area contributed by atoms with Crippen LogP contribution in [-0.4, -0.2) is 17.7 Å². The average Bonchev–Trinajstić information content (AvgIpc) is 2.15. The van der Waals surface area contributed by atoms with Gasteiger partial charge in [0.15, 0.2) is 0 Å².